The number of methoxy groups -OCH3 is 1. The summed E-state index contributed by atoms with van der Waals surface area (Å²) in [5.41, 5.74) is -1.61. The van der Waals surface area contributed by atoms with Crippen LogP contribution in [0.3, 0.4) is 0 Å². The summed E-state index contributed by atoms with van der Waals surface area (Å²) in [6.07, 6.45) is 0. The van der Waals surface area contributed by atoms with E-state index in [2.05, 4.69) is 5.32 Å². The third-order valence-corrected chi connectivity index (χ3v) is 8.22. The molecule has 3 aromatic rings. The van der Waals surface area contributed by atoms with Gasteiger partial charge in [0.1, 0.15) is 10.6 Å². The molecule has 0 fully saturated rings. The van der Waals surface area contributed by atoms with Crippen LogP contribution >= 0.6 is 0 Å². The molecule has 0 aromatic heterocycles. The maximum Gasteiger partial charge on any atom is 0.271 e. The van der Waals surface area contributed by atoms with Gasteiger partial charge in [-0.3, -0.25) is 25.0 Å². The third-order valence-electron chi connectivity index (χ3n) is 4.64. The summed E-state index contributed by atoms with van der Waals surface area (Å²) < 4.78 is 57.8. The Balaban J connectivity index is 2.02. The smallest absolute Gasteiger partial charge is 0.271 e. The average Bonchev–Trinajstić information content (AvgIpc) is 2.83. The lowest BCUT2D eigenvalue weighted by Gasteiger charge is -2.14. The number of hydrogen-bond acceptors (Lipinski definition) is 10. The van der Waals surface area contributed by atoms with Crippen LogP contribution in [0.4, 0.5) is 17.1 Å². The number of anilines is 1. The van der Waals surface area contributed by atoms with Gasteiger partial charge in [-0.2, -0.15) is 0 Å². The zero-order chi connectivity index (χ0) is 26.7. The molecular weight excluding hydrogens is 520 g/mol. The largest absolute Gasteiger partial charge is 0.496 e. The number of carbonyl (C=O) groups excluding carboxylic acids is 1. The van der Waals surface area contributed by atoms with Crippen LogP contribution in [-0.2, 0) is 20.0 Å². The van der Waals surface area contributed by atoms with Gasteiger partial charge in [-0.15, -0.1) is 4.13 Å². The van der Waals surface area contributed by atoms with Gasteiger partial charge in [0, 0.05) is 24.3 Å². The highest BCUT2D eigenvalue weighted by atomic mass is 32.3. The van der Waals surface area contributed by atoms with E-state index in [1.54, 1.807) is 6.07 Å². The molecule has 1 amide bonds. The van der Waals surface area contributed by atoms with Gasteiger partial charge >= 0.3 is 0 Å². The Morgan fingerprint density at radius 1 is 0.833 bits per heavy atom. The molecule has 0 radical (unpaired) electrons. The summed E-state index contributed by atoms with van der Waals surface area (Å²) in [6.45, 7) is 0. The van der Waals surface area contributed by atoms with Crippen molar-refractivity contribution in [2.45, 2.75) is 9.79 Å². The van der Waals surface area contributed by atoms with E-state index in [0.29, 0.717) is 0 Å². The lowest BCUT2D eigenvalue weighted by atomic mass is 10.2. The Hall–Kier alpha value is -4.41. The van der Waals surface area contributed by atoms with Gasteiger partial charge in [0.05, 0.1) is 33.1 Å². The van der Waals surface area contributed by atoms with Crippen LogP contribution in [-0.4, -0.2) is 39.7 Å². The monoisotopic (exact) mass is 536 g/mol. The summed E-state index contributed by atoms with van der Waals surface area (Å²) in [6, 6.07) is 11.6. The first-order valence-electron chi connectivity index (χ1n) is 9.61. The maximum absolute atomic E-state index is 13.0. The van der Waals surface area contributed by atoms with Crippen LogP contribution in [0, 0.1) is 20.2 Å². The number of carbonyl (C=O) groups is 1. The number of nitro benzene ring substituents is 2. The normalized spacial score (nSPS) is 11.5. The minimum absolute atomic E-state index is 0.0266. The quantitative estimate of drug-likeness (QED) is 0.302. The van der Waals surface area contributed by atoms with Crippen LogP contribution < -0.4 is 14.2 Å². The minimum Gasteiger partial charge on any atom is -0.496 e. The summed E-state index contributed by atoms with van der Waals surface area (Å²) in [5, 5.41) is 24.2. The second kappa shape index (κ2) is 10.1. The SMILES string of the molecule is COc1ccccc1C(=O)Nc1cc([N+](=O)[O-])ccc1S(=O)(=O)NS(=O)(=O)c1ccc([N+](=O)[O-])cc1. The molecule has 0 bridgehead atoms. The fourth-order valence-electron chi connectivity index (χ4n) is 2.97. The zero-order valence-electron chi connectivity index (χ0n) is 18.1. The second-order valence-electron chi connectivity index (χ2n) is 6.93. The molecule has 2 N–H and O–H groups in total. The van der Waals surface area contributed by atoms with E-state index in [1.165, 1.54) is 29.4 Å². The number of nitro groups is 2. The van der Waals surface area contributed by atoms with Gasteiger partial charge in [0.15, 0.2) is 0 Å². The number of sulfonamides is 2. The zero-order valence-corrected chi connectivity index (χ0v) is 19.8. The first kappa shape index (κ1) is 26.2. The Labute approximate surface area is 203 Å². The van der Waals surface area contributed by atoms with Crippen molar-refractivity contribution in [1.29, 1.82) is 0 Å². The molecule has 0 aliphatic rings. The molecule has 0 saturated carbocycles. The molecule has 0 aliphatic heterocycles. The van der Waals surface area contributed by atoms with Gasteiger partial charge in [-0.05, 0) is 30.3 Å². The molecule has 3 aromatic carbocycles. The fourth-order valence-corrected chi connectivity index (χ4v) is 6.01. The number of nitrogens with zero attached hydrogens (tertiary/aromatic N) is 2. The predicted octanol–water partition coefficient (Wildman–Crippen LogP) is 2.43. The van der Waals surface area contributed by atoms with Crippen LogP contribution in [0.5, 0.6) is 5.75 Å². The van der Waals surface area contributed by atoms with Gasteiger partial charge in [0.2, 0.25) is 0 Å². The topological polar surface area (TPSA) is 205 Å². The molecule has 188 valence electrons. The molecule has 14 nitrogen and oxygen atoms in total. The average molecular weight is 537 g/mol. The van der Waals surface area contributed by atoms with E-state index >= 15 is 0 Å². The standard InChI is InChI=1S/C20H16N4O10S2/c1-34-18-5-3-2-4-16(18)20(25)21-17-12-14(24(28)29)8-11-19(17)36(32,33)22-35(30,31)15-9-6-13(7-10-15)23(26)27/h2-12,22H,1H3,(H,21,25). The first-order chi connectivity index (χ1) is 16.9. The van der Waals surface area contributed by atoms with Gasteiger partial charge < -0.3 is 10.1 Å². The van der Waals surface area contributed by atoms with E-state index in [1.807, 2.05) is 0 Å². The molecule has 0 spiro atoms. The van der Waals surface area contributed by atoms with Crippen molar-refractivity contribution in [3.8, 4) is 5.75 Å². The molecule has 36 heavy (non-hydrogen) atoms. The Bertz CT molecular complexity index is 1570. The van der Waals surface area contributed by atoms with Gasteiger partial charge in [0.25, 0.3) is 37.3 Å². The van der Waals surface area contributed by atoms with E-state index < -0.39 is 62.7 Å². The highest BCUT2D eigenvalue weighted by molar-refractivity contribution is 8.04. The summed E-state index contributed by atoms with van der Waals surface area (Å²) in [7, 11) is -8.43. The number of hydrogen-bond donors (Lipinski definition) is 2. The minimum atomic E-state index is -4.95. The van der Waals surface area contributed by atoms with E-state index in [-0.39, 0.29) is 11.3 Å². The number of rotatable bonds is 9. The Morgan fingerprint density at radius 2 is 1.42 bits per heavy atom. The van der Waals surface area contributed by atoms with Crippen molar-refractivity contribution in [3.63, 3.8) is 0 Å². The molecule has 0 heterocycles. The Morgan fingerprint density at radius 3 is 2.00 bits per heavy atom. The van der Waals surface area contributed by atoms with Crippen LogP contribution in [0.1, 0.15) is 10.4 Å². The van der Waals surface area contributed by atoms with Crippen molar-refractivity contribution >= 4 is 43.0 Å². The van der Waals surface area contributed by atoms with Crippen molar-refractivity contribution in [2.75, 3.05) is 12.4 Å². The van der Waals surface area contributed by atoms with Crippen molar-refractivity contribution < 1.29 is 36.2 Å². The number of para-hydroxylation sites is 1. The van der Waals surface area contributed by atoms with Crippen molar-refractivity contribution in [1.82, 2.24) is 4.13 Å². The summed E-state index contributed by atoms with van der Waals surface area (Å²) in [4.78, 5) is 31.8. The van der Waals surface area contributed by atoms with Crippen LogP contribution in [0.25, 0.3) is 0 Å². The highest BCUT2D eigenvalue weighted by Gasteiger charge is 2.29. The Kier molecular flexibility index (Phi) is 7.32. The van der Waals surface area contributed by atoms with Gasteiger partial charge in [-0.1, -0.05) is 12.1 Å². The fraction of sp³-hybridized carbons (Fsp3) is 0.0500. The molecule has 0 saturated heterocycles. The summed E-state index contributed by atoms with van der Waals surface area (Å²) >= 11 is 0. The number of non-ortho nitro benzene ring substituents is 2. The molecule has 0 aliphatic carbocycles. The number of nitrogens with one attached hydrogen (secondary N) is 2. The van der Waals surface area contributed by atoms with E-state index in [0.717, 1.165) is 42.5 Å². The van der Waals surface area contributed by atoms with Crippen molar-refractivity contribution in [2.24, 2.45) is 0 Å². The molecule has 0 unspecified atom stereocenters. The van der Waals surface area contributed by atoms with Crippen LogP contribution in [0.2, 0.25) is 0 Å². The molecule has 3 rings (SSSR count). The highest BCUT2D eigenvalue weighted by Crippen LogP contribution is 2.29. The number of amides is 1. The molecule has 0 atom stereocenters. The predicted molar refractivity (Wildman–Crippen MR) is 125 cm³/mol. The molecular formula is C20H16N4O10S2. The third kappa shape index (κ3) is 5.62. The second-order valence-corrected chi connectivity index (χ2v) is 10.5. The van der Waals surface area contributed by atoms with Crippen LogP contribution in [0.15, 0.2) is 76.5 Å². The number of ether oxygens (including phenoxy) is 1. The first-order valence-corrected chi connectivity index (χ1v) is 12.6. The van der Waals surface area contributed by atoms with E-state index in [4.69, 9.17) is 4.74 Å². The van der Waals surface area contributed by atoms with Crippen molar-refractivity contribution in [3.05, 3.63) is 92.5 Å². The molecule has 16 heteroatoms. The lowest BCUT2D eigenvalue weighted by Crippen LogP contribution is -2.31. The number of benzene rings is 3. The lowest BCUT2D eigenvalue weighted by molar-refractivity contribution is -0.385. The van der Waals surface area contributed by atoms with Gasteiger partial charge in [-0.25, -0.2) is 16.8 Å². The maximum atomic E-state index is 13.0. The summed E-state index contributed by atoms with van der Waals surface area (Å²) in [5.74, 6) is -0.758. The van der Waals surface area contributed by atoms with E-state index in [9.17, 15) is 41.9 Å².